The Morgan fingerprint density at radius 1 is 1.42 bits per heavy atom. The van der Waals surface area contributed by atoms with Gasteiger partial charge in [0, 0.05) is 12.6 Å². The van der Waals surface area contributed by atoms with Crippen molar-refractivity contribution in [2.24, 2.45) is 0 Å². The van der Waals surface area contributed by atoms with Crippen molar-refractivity contribution in [2.75, 3.05) is 38.8 Å². The largest absolute Gasteiger partial charge is 0.497 e. The zero-order valence-corrected chi connectivity index (χ0v) is 11.1. The van der Waals surface area contributed by atoms with Gasteiger partial charge in [-0.05, 0) is 19.1 Å². The van der Waals surface area contributed by atoms with Gasteiger partial charge in [-0.3, -0.25) is 0 Å². The summed E-state index contributed by atoms with van der Waals surface area (Å²) in [4.78, 5) is 11.0. The number of esters is 1. The molecule has 0 bridgehead atoms. The van der Waals surface area contributed by atoms with Crippen LogP contribution in [0.25, 0.3) is 0 Å². The molecule has 0 saturated carbocycles. The minimum absolute atomic E-state index is 0.101. The second kappa shape index (κ2) is 8.31. The number of nitrogens with one attached hydrogen (secondary N) is 1. The van der Waals surface area contributed by atoms with Crippen LogP contribution in [0.5, 0.6) is 5.75 Å². The second-order valence-electron chi connectivity index (χ2n) is 3.63. The molecule has 1 aromatic carbocycles. The van der Waals surface area contributed by atoms with E-state index in [9.17, 15) is 9.18 Å². The van der Waals surface area contributed by atoms with Crippen molar-refractivity contribution >= 4 is 11.7 Å². The molecule has 0 aliphatic heterocycles. The summed E-state index contributed by atoms with van der Waals surface area (Å²) in [7, 11) is 1.51. The number of halogens is 1. The molecular weight excluding hydrogens is 253 g/mol. The summed E-state index contributed by atoms with van der Waals surface area (Å²) >= 11 is 0. The average Bonchev–Trinajstić information content (AvgIpc) is 2.40. The van der Waals surface area contributed by atoms with Crippen LogP contribution in [0, 0.1) is 5.82 Å². The number of carbonyl (C=O) groups is 1. The van der Waals surface area contributed by atoms with Gasteiger partial charge in [0.1, 0.15) is 18.2 Å². The van der Waals surface area contributed by atoms with E-state index in [2.05, 4.69) is 5.32 Å². The van der Waals surface area contributed by atoms with Crippen LogP contribution < -0.4 is 10.1 Å². The lowest BCUT2D eigenvalue weighted by atomic mass is 10.3. The van der Waals surface area contributed by atoms with Gasteiger partial charge in [0.05, 0.1) is 26.0 Å². The predicted octanol–water partition coefficient (Wildman–Crippen LogP) is 1.83. The molecule has 0 aromatic heterocycles. The molecule has 0 heterocycles. The highest BCUT2D eigenvalue weighted by molar-refractivity contribution is 5.70. The van der Waals surface area contributed by atoms with Crippen molar-refractivity contribution in [3.05, 3.63) is 24.0 Å². The Morgan fingerprint density at radius 2 is 2.21 bits per heavy atom. The van der Waals surface area contributed by atoms with E-state index in [4.69, 9.17) is 14.2 Å². The van der Waals surface area contributed by atoms with Gasteiger partial charge >= 0.3 is 5.97 Å². The van der Waals surface area contributed by atoms with E-state index >= 15 is 0 Å². The summed E-state index contributed by atoms with van der Waals surface area (Å²) in [6.45, 7) is 2.61. The van der Waals surface area contributed by atoms with E-state index in [0.717, 1.165) is 0 Å². The average molecular weight is 271 g/mol. The van der Waals surface area contributed by atoms with Gasteiger partial charge in [-0.15, -0.1) is 0 Å². The molecule has 0 radical (unpaired) electrons. The first-order chi connectivity index (χ1) is 9.17. The smallest absolute Gasteiger partial charge is 0.332 e. The van der Waals surface area contributed by atoms with Crippen LogP contribution in [0.2, 0.25) is 0 Å². The molecule has 1 aromatic rings. The molecule has 0 atom stereocenters. The Hall–Kier alpha value is -1.82. The van der Waals surface area contributed by atoms with E-state index in [1.165, 1.54) is 19.2 Å². The Bertz CT molecular complexity index is 412. The van der Waals surface area contributed by atoms with Crippen LogP contribution in [0.1, 0.15) is 6.92 Å². The molecule has 0 spiro atoms. The molecule has 5 nitrogen and oxygen atoms in total. The summed E-state index contributed by atoms with van der Waals surface area (Å²) in [5.41, 5.74) is 0.332. The molecule has 1 rings (SSSR count). The minimum Gasteiger partial charge on any atom is -0.497 e. The standard InChI is InChI=1S/C13H18FNO4/c1-3-19-13(16)9-18-7-6-15-12-8-10(17-2)4-5-11(12)14/h4-5,8,15H,3,6-7,9H2,1-2H3. The third-order valence-corrected chi connectivity index (χ3v) is 2.26. The molecule has 106 valence electrons. The van der Waals surface area contributed by atoms with Crippen LogP contribution in [-0.4, -0.2) is 39.4 Å². The van der Waals surface area contributed by atoms with Crippen molar-refractivity contribution in [1.82, 2.24) is 0 Å². The predicted molar refractivity (Wildman–Crippen MR) is 68.9 cm³/mol. The molecular formula is C13H18FNO4. The first kappa shape index (κ1) is 15.2. The van der Waals surface area contributed by atoms with Gasteiger partial charge in [0.2, 0.25) is 0 Å². The van der Waals surface area contributed by atoms with Gasteiger partial charge in [0.25, 0.3) is 0 Å². The van der Waals surface area contributed by atoms with Crippen molar-refractivity contribution in [3.8, 4) is 5.75 Å². The Labute approximate surface area is 111 Å². The maximum absolute atomic E-state index is 13.4. The lowest BCUT2D eigenvalue weighted by molar-refractivity contribution is -0.148. The molecule has 0 amide bonds. The summed E-state index contributed by atoms with van der Waals surface area (Å²) in [5.74, 6) is -0.211. The highest BCUT2D eigenvalue weighted by atomic mass is 19.1. The molecule has 19 heavy (non-hydrogen) atoms. The molecule has 0 aliphatic rings. The fourth-order valence-corrected chi connectivity index (χ4v) is 1.38. The molecule has 0 saturated heterocycles. The van der Waals surface area contributed by atoms with Gasteiger partial charge in [-0.25, -0.2) is 9.18 Å². The maximum atomic E-state index is 13.4. The maximum Gasteiger partial charge on any atom is 0.332 e. The zero-order valence-electron chi connectivity index (χ0n) is 11.1. The first-order valence-electron chi connectivity index (χ1n) is 5.98. The summed E-state index contributed by atoms with van der Waals surface area (Å²) in [6, 6.07) is 4.42. The third kappa shape index (κ3) is 5.56. The molecule has 0 aliphatic carbocycles. The number of ether oxygens (including phenoxy) is 3. The van der Waals surface area contributed by atoms with Crippen LogP contribution in [-0.2, 0) is 14.3 Å². The summed E-state index contributed by atoms with van der Waals surface area (Å²) in [5, 5.41) is 2.86. The van der Waals surface area contributed by atoms with Crippen molar-refractivity contribution < 1.29 is 23.4 Å². The van der Waals surface area contributed by atoms with E-state index in [1.807, 2.05) is 0 Å². The van der Waals surface area contributed by atoms with Gasteiger partial charge < -0.3 is 19.5 Å². The van der Waals surface area contributed by atoms with E-state index in [-0.39, 0.29) is 19.0 Å². The lowest BCUT2D eigenvalue weighted by Crippen LogP contribution is -2.17. The minimum atomic E-state index is -0.407. The summed E-state index contributed by atoms with van der Waals surface area (Å²) in [6.07, 6.45) is 0. The second-order valence-corrected chi connectivity index (χ2v) is 3.63. The number of anilines is 1. The van der Waals surface area contributed by atoms with Gasteiger partial charge in [0.15, 0.2) is 0 Å². The van der Waals surface area contributed by atoms with E-state index in [0.29, 0.717) is 24.6 Å². The van der Waals surface area contributed by atoms with Crippen LogP contribution >= 0.6 is 0 Å². The molecule has 1 N–H and O–H groups in total. The fourth-order valence-electron chi connectivity index (χ4n) is 1.38. The highest BCUT2D eigenvalue weighted by Gasteiger charge is 2.04. The third-order valence-electron chi connectivity index (χ3n) is 2.26. The van der Waals surface area contributed by atoms with Crippen molar-refractivity contribution in [1.29, 1.82) is 0 Å². The normalized spacial score (nSPS) is 10.1. The topological polar surface area (TPSA) is 56.8 Å². The summed E-state index contributed by atoms with van der Waals surface area (Å²) < 4.78 is 28.2. The van der Waals surface area contributed by atoms with Gasteiger partial charge in [-0.1, -0.05) is 0 Å². The fraction of sp³-hybridized carbons (Fsp3) is 0.462. The quantitative estimate of drug-likeness (QED) is 0.577. The number of benzene rings is 1. The molecule has 0 fully saturated rings. The molecule has 6 heteroatoms. The number of hydrogen-bond donors (Lipinski definition) is 1. The van der Waals surface area contributed by atoms with Gasteiger partial charge in [-0.2, -0.15) is 0 Å². The first-order valence-corrected chi connectivity index (χ1v) is 5.98. The van der Waals surface area contributed by atoms with E-state index < -0.39 is 5.97 Å². The number of hydrogen-bond acceptors (Lipinski definition) is 5. The number of rotatable bonds is 8. The Morgan fingerprint density at radius 3 is 2.89 bits per heavy atom. The van der Waals surface area contributed by atoms with E-state index in [1.54, 1.807) is 13.0 Å². The number of carbonyl (C=O) groups excluding carboxylic acids is 1. The monoisotopic (exact) mass is 271 g/mol. The SMILES string of the molecule is CCOC(=O)COCCNc1cc(OC)ccc1F. The van der Waals surface area contributed by atoms with Crippen LogP contribution in [0.4, 0.5) is 10.1 Å². The Balaban J connectivity index is 2.27. The highest BCUT2D eigenvalue weighted by Crippen LogP contribution is 2.20. The van der Waals surface area contributed by atoms with Crippen molar-refractivity contribution in [3.63, 3.8) is 0 Å². The zero-order chi connectivity index (χ0) is 14.1. The number of methoxy groups -OCH3 is 1. The van der Waals surface area contributed by atoms with Crippen LogP contribution in [0.15, 0.2) is 18.2 Å². The van der Waals surface area contributed by atoms with Crippen molar-refractivity contribution in [2.45, 2.75) is 6.92 Å². The molecule has 0 unspecified atom stereocenters. The van der Waals surface area contributed by atoms with Crippen LogP contribution in [0.3, 0.4) is 0 Å². The lowest BCUT2D eigenvalue weighted by Gasteiger charge is -2.09. The Kier molecular flexibility index (Phi) is 6.67.